The van der Waals surface area contributed by atoms with Crippen LogP contribution < -0.4 is 5.32 Å². The number of aryl methyl sites for hydroxylation is 1. The molecule has 1 amide bonds. The van der Waals surface area contributed by atoms with Crippen molar-refractivity contribution in [3.8, 4) is 0 Å². The monoisotopic (exact) mass is 314 g/mol. The molecule has 7 heteroatoms. The number of carbonyl (C=O) groups is 1. The maximum atomic E-state index is 12.9. The van der Waals surface area contributed by atoms with Crippen molar-refractivity contribution in [1.29, 1.82) is 0 Å². The van der Waals surface area contributed by atoms with Crippen molar-refractivity contribution < 1.29 is 13.7 Å². The van der Waals surface area contributed by atoms with Gasteiger partial charge in [-0.2, -0.15) is 0 Å². The first-order valence-electron chi connectivity index (χ1n) is 5.79. The molecule has 0 unspecified atom stereocenters. The van der Waals surface area contributed by atoms with E-state index in [4.69, 9.17) is 16.1 Å². The Bertz CT molecular complexity index is 618. The molecule has 0 bridgehead atoms. The van der Waals surface area contributed by atoms with Gasteiger partial charge in [-0.05, 0) is 24.6 Å². The second-order valence-corrected chi connectivity index (χ2v) is 5.49. The first kappa shape index (κ1) is 14.9. The van der Waals surface area contributed by atoms with E-state index in [1.807, 2.05) is 0 Å². The highest BCUT2D eigenvalue weighted by atomic mass is 35.5. The number of halogens is 2. The SMILES string of the molecule is Cc1cc(NC(=O)CSCc2ccc(F)cc2Cl)no1. The van der Waals surface area contributed by atoms with E-state index in [2.05, 4.69) is 10.5 Å². The Balaban J connectivity index is 1.79. The summed E-state index contributed by atoms with van der Waals surface area (Å²) < 4.78 is 17.7. The van der Waals surface area contributed by atoms with Crippen LogP contribution >= 0.6 is 23.4 Å². The second-order valence-electron chi connectivity index (χ2n) is 4.10. The third-order valence-corrected chi connectivity index (χ3v) is 3.73. The van der Waals surface area contributed by atoms with E-state index in [1.165, 1.54) is 23.9 Å². The lowest BCUT2D eigenvalue weighted by Crippen LogP contribution is -2.14. The summed E-state index contributed by atoms with van der Waals surface area (Å²) in [4.78, 5) is 11.6. The first-order chi connectivity index (χ1) is 9.54. The smallest absolute Gasteiger partial charge is 0.235 e. The molecule has 2 aromatic rings. The Morgan fingerprint density at radius 3 is 2.95 bits per heavy atom. The maximum Gasteiger partial charge on any atom is 0.235 e. The molecule has 1 N–H and O–H groups in total. The van der Waals surface area contributed by atoms with Crippen molar-refractivity contribution >= 4 is 35.1 Å². The predicted molar refractivity (Wildman–Crippen MR) is 77.4 cm³/mol. The van der Waals surface area contributed by atoms with Crippen LogP contribution in [0, 0.1) is 12.7 Å². The van der Waals surface area contributed by atoms with Crippen molar-refractivity contribution in [3.05, 3.63) is 46.4 Å². The number of thioether (sulfide) groups is 1. The number of anilines is 1. The molecule has 0 atom stereocenters. The van der Waals surface area contributed by atoms with Crippen molar-refractivity contribution in [1.82, 2.24) is 5.16 Å². The topological polar surface area (TPSA) is 55.1 Å². The molecule has 1 heterocycles. The van der Waals surface area contributed by atoms with E-state index >= 15 is 0 Å². The number of rotatable bonds is 5. The maximum absolute atomic E-state index is 12.9. The minimum atomic E-state index is -0.372. The summed E-state index contributed by atoms with van der Waals surface area (Å²) in [5.74, 6) is 1.26. The number of aromatic nitrogens is 1. The zero-order valence-electron chi connectivity index (χ0n) is 10.7. The first-order valence-corrected chi connectivity index (χ1v) is 7.32. The minimum Gasteiger partial charge on any atom is -0.360 e. The summed E-state index contributed by atoms with van der Waals surface area (Å²) in [6.45, 7) is 1.74. The lowest BCUT2D eigenvalue weighted by molar-refractivity contribution is -0.113. The largest absolute Gasteiger partial charge is 0.360 e. The fourth-order valence-corrected chi connectivity index (χ4v) is 2.64. The van der Waals surface area contributed by atoms with Gasteiger partial charge in [0.25, 0.3) is 0 Å². The zero-order valence-corrected chi connectivity index (χ0v) is 12.2. The number of nitrogens with zero attached hydrogens (tertiary/aromatic N) is 1. The lowest BCUT2D eigenvalue weighted by Gasteiger charge is -2.04. The van der Waals surface area contributed by atoms with Crippen LogP contribution in [-0.2, 0) is 10.5 Å². The van der Waals surface area contributed by atoms with Gasteiger partial charge in [0.05, 0.1) is 5.75 Å². The van der Waals surface area contributed by atoms with Crippen LogP contribution in [0.15, 0.2) is 28.8 Å². The summed E-state index contributed by atoms with van der Waals surface area (Å²) >= 11 is 7.28. The van der Waals surface area contributed by atoms with Crippen molar-refractivity contribution in [3.63, 3.8) is 0 Å². The fourth-order valence-electron chi connectivity index (χ4n) is 1.50. The van der Waals surface area contributed by atoms with Crippen molar-refractivity contribution in [2.24, 2.45) is 0 Å². The molecule has 4 nitrogen and oxygen atoms in total. The van der Waals surface area contributed by atoms with Gasteiger partial charge in [-0.15, -0.1) is 11.8 Å². The van der Waals surface area contributed by atoms with Crippen LogP contribution in [0.4, 0.5) is 10.2 Å². The quantitative estimate of drug-likeness (QED) is 0.915. The molecule has 0 aliphatic heterocycles. The van der Waals surface area contributed by atoms with Crippen LogP contribution in [-0.4, -0.2) is 16.8 Å². The number of benzene rings is 1. The highest BCUT2D eigenvalue weighted by Crippen LogP contribution is 2.22. The van der Waals surface area contributed by atoms with Crippen LogP contribution in [0.1, 0.15) is 11.3 Å². The number of amides is 1. The van der Waals surface area contributed by atoms with Crippen LogP contribution in [0.25, 0.3) is 0 Å². The van der Waals surface area contributed by atoms with Gasteiger partial charge in [0, 0.05) is 16.8 Å². The molecule has 0 aliphatic carbocycles. The highest BCUT2D eigenvalue weighted by molar-refractivity contribution is 7.99. The molecule has 2 rings (SSSR count). The molecule has 0 saturated carbocycles. The average Bonchev–Trinajstić information content (AvgIpc) is 2.77. The third kappa shape index (κ3) is 4.25. The van der Waals surface area contributed by atoms with Gasteiger partial charge in [-0.1, -0.05) is 22.8 Å². The van der Waals surface area contributed by atoms with Gasteiger partial charge in [-0.3, -0.25) is 4.79 Å². The number of carbonyl (C=O) groups excluding carboxylic acids is 1. The van der Waals surface area contributed by atoms with Crippen molar-refractivity contribution in [2.75, 3.05) is 11.1 Å². The van der Waals surface area contributed by atoms with Crippen LogP contribution in [0.2, 0.25) is 5.02 Å². The van der Waals surface area contributed by atoms with Gasteiger partial charge in [-0.25, -0.2) is 4.39 Å². The summed E-state index contributed by atoms with van der Waals surface area (Å²) in [6.07, 6.45) is 0. The standard InChI is InChI=1S/C13H12ClFN2O2S/c1-8-4-12(17-19-8)16-13(18)7-20-6-9-2-3-10(15)5-11(9)14/h2-5H,6-7H2,1H3,(H,16,17,18). The number of nitrogens with one attached hydrogen (secondary N) is 1. The molecule has 1 aromatic heterocycles. The molecule has 0 aliphatic rings. The zero-order chi connectivity index (χ0) is 14.5. The Morgan fingerprint density at radius 1 is 1.50 bits per heavy atom. The van der Waals surface area contributed by atoms with Crippen LogP contribution in [0.5, 0.6) is 0 Å². The Hall–Kier alpha value is -1.53. The molecule has 1 aromatic carbocycles. The molecule has 0 spiro atoms. The molecule has 0 fully saturated rings. The third-order valence-electron chi connectivity index (χ3n) is 2.40. The minimum absolute atomic E-state index is 0.179. The second kappa shape index (κ2) is 6.76. The lowest BCUT2D eigenvalue weighted by atomic mass is 10.2. The van der Waals surface area contributed by atoms with E-state index in [1.54, 1.807) is 19.1 Å². The summed E-state index contributed by atoms with van der Waals surface area (Å²) in [7, 11) is 0. The van der Waals surface area contributed by atoms with Crippen molar-refractivity contribution in [2.45, 2.75) is 12.7 Å². The summed E-state index contributed by atoms with van der Waals surface area (Å²) in [5.41, 5.74) is 0.795. The van der Waals surface area contributed by atoms with Gasteiger partial charge in [0.1, 0.15) is 11.6 Å². The average molecular weight is 315 g/mol. The Kier molecular flexibility index (Phi) is 5.03. The van der Waals surface area contributed by atoms with E-state index in [9.17, 15) is 9.18 Å². The van der Waals surface area contributed by atoms with E-state index in [0.29, 0.717) is 22.4 Å². The van der Waals surface area contributed by atoms with E-state index in [-0.39, 0.29) is 17.5 Å². The van der Waals surface area contributed by atoms with Gasteiger partial charge in [0.15, 0.2) is 5.82 Å². The summed E-state index contributed by atoms with van der Waals surface area (Å²) in [6, 6.07) is 5.86. The van der Waals surface area contributed by atoms with Gasteiger partial charge in [0.2, 0.25) is 5.91 Å². The highest BCUT2D eigenvalue weighted by Gasteiger charge is 2.07. The molecular weight excluding hydrogens is 303 g/mol. The molecule has 20 heavy (non-hydrogen) atoms. The molecule has 106 valence electrons. The number of hydrogen-bond donors (Lipinski definition) is 1. The predicted octanol–water partition coefficient (Wildman–Crippen LogP) is 3.65. The van der Waals surface area contributed by atoms with Gasteiger partial charge >= 0.3 is 0 Å². The molecule has 0 radical (unpaired) electrons. The van der Waals surface area contributed by atoms with Gasteiger partial charge < -0.3 is 9.84 Å². The number of hydrogen-bond acceptors (Lipinski definition) is 4. The van der Waals surface area contributed by atoms with Crippen LogP contribution in [0.3, 0.4) is 0 Å². The molecule has 0 saturated heterocycles. The molecular formula is C13H12ClFN2O2S. The Morgan fingerprint density at radius 2 is 2.30 bits per heavy atom. The van der Waals surface area contributed by atoms with E-state index in [0.717, 1.165) is 5.56 Å². The Labute approximate surface area is 124 Å². The normalized spacial score (nSPS) is 10.6. The summed E-state index contributed by atoms with van der Waals surface area (Å²) in [5, 5.41) is 6.65. The van der Waals surface area contributed by atoms with E-state index < -0.39 is 0 Å². The fraction of sp³-hybridized carbons (Fsp3) is 0.231.